The summed E-state index contributed by atoms with van der Waals surface area (Å²) in [7, 11) is 0. The van der Waals surface area contributed by atoms with Crippen molar-refractivity contribution in [1.82, 2.24) is 25.1 Å². The van der Waals surface area contributed by atoms with Gasteiger partial charge in [-0.1, -0.05) is 30.3 Å². The standard InChI is InChI=1S/C20H23N5O/c1-14-12-21-19(23-14)20(26)25-9-7-16(8-10-25)18-17(13-22-24-18)11-15-5-3-2-4-6-15/h2-6,12-13,16H,7-11H2,1H3,(H,21,23)(H,22,24). The van der Waals surface area contributed by atoms with Crippen molar-refractivity contribution in [3.63, 3.8) is 0 Å². The number of nitrogens with one attached hydrogen (secondary N) is 2. The van der Waals surface area contributed by atoms with Crippen molar-refractivity contribution in [3.05, 3.63) is 71.1 Å². The van der Waals surface area contributed by atoms with Crippen molar-refractivity contribution < 1.29 is 4.79 Å². The molecule has 3 heterocycles. The van der Waals surface area contributed by atoms with Crippen molar-refractivity contribution >= 4 is 5.91 Å². The number of H-pyrrole nitrogens is 2. The van der Waals surface area contributed by atoms with Crippen LogP contribution < -0.4 is 0 Å². The van der Waals surface area contributed by atoms with Crippen LogP contribution in [0.5, 0.6) is 0 Å². The first-order valence-corrected chi connectivity index (χ1v) is 9.07. The van der Waals surface area contributed by atoms with E-state index in [1.165, 1.54) is 16.8 Å². The van der Waals surface area contributed by atoms with Gasteiger partial charge in [0.25, 0.3) is 5.91 Å². The average molecular weight is 349 g/mol. The number of nitrogens with zero attached hydrogens (tertiary/aromatic N) is 3. The molecule has 134 valence electrons. The highest BCUT2D eigenvalue weighted by atomic mass is 16.2. The van der Waals surface area contributed by atoms with Crippen molar-refractivity contribution in [3.8, 4) is 0 Å². The van der Waals surface area contributed by atoms with Gasteiger partial charge in [-0.25, -0.2) is 4.98 Å². The minimum absolute atomic E-state index is 0.00864. The number of aromatic amines is 2. The summed E-state index contributed by atoms with van der Waals surface area (Å²) in [5, 5.41) is 7.48. The molecular formula is C20H23N5O. The second-order valence-electron chi connectivity index (χ2n) is 6.95. The summed E-state index contributed by atoms with van der Waals surface area (Å²) >= 11 is 0. The van der Waals surface area contributed by atoms with Crippen LogP contribution in [0.2, 0.25) is 0 Å². The molecule has 1 aliphatic rings. The first kappa shape index (κ1) is 16.6. The molecule has 1 aromatic carbocycles. The van der Waals surface area contributed by atoms with Gasteiger partial charge in [0.2, 0.25) is 0 Å². The molecule has 4 rings (SSSR count). The first-order chi connectivity index (χ1) is 12.7. The van der Waals surface area contributed by atoms with Crippen LogP contribution >= 0.6 is 0 Å². The Balaban J connectivity index is 1.41. The van der Waals surface area contributed by atoms with Crippen LogP contribution in [0.4, 0.5) is 0 Å². The van der Waals surface area contributed by atoms with E-state index in [4.69, 9.17) is 0 Å². The fraction of sp³-hybridized carbons (Fsp3) is 0.350. The maximum atomic E-state index is 12.5. The fourth-order valence-corrected chi connectivity index (χ4v) is 3.67. The predicted molar refractivity (Wildman–Crippen MR) is 99.0 cm³/mol. The molecule has 0 aliphatic carbocycles. The van der Waals surface area contributed by atoms with E-state index in [-0.39, 0.29) is 5.91 Å². The van der Waals surface area contributed by atoms with E-state index in [2.05, 4.69) is 44.4 Å². The van der Waals surface area contributed by atoms with E-state index < -0.39 is 0 Å². The Bertz CT molecular complexity index is 875. The maximum absolute atomic E-state index is 12.5. The van der Waals surface area contributed by atoms with Crippen LogP contribution in [-0.2, 0) is 6.42 Å². The van der Waals surface area contributed by atoms with Gasteiger partial charge in [0.1, 0.15) is 0 Å². The van der Waals surface area contributed by atoms with E-state index >= 15 is 0 Å². The number of hydrogen-bond donors (Lipinski definition) is 2. The normalized spacial score (nSPS) is 15.3. The molecule has 0 spiro atoms. The number of imidazole rings is 1. The summed E-state index contributed by atoms with van der Waals surface area (Å²) in [5.74, 6) is 0.844. The quantitative estimate of drug-likeness (QED) is 0.760. The Morgan fingerprint density at radius 2 is 1.96 bits per heavy atom. The minimum atomic E-state index is -0.00864. The highest BCUT2D eigenvalue weighted by molar-refractivity contribution is 5.90. The summed E-state index contributed by atoms with van der Waals surface area (Å²) < 4.78 is 0. The number of rotatable bonds is 4. The monoisotopic (exact) mass is 349 g/mol. The van der Waals surface area contributed by atoms with Crippen LogP contribution in [-0.4, -0.2) is 44.1 Å². The van der Waals surface area contributed by atoms with Gasteiger partial charge in [-0.15, -0.1) is 0 Å². The van der Waals surface area contributed by atoms with Gasteiger partial charge < -0.3 is 9.88 Å². The molecule has 1 fully saturated rings. The zero-order valence-electron chi connectivity index (χ0n) is 14.9. The Kier molecular flexibility index (Phi) is 4.56. The highest BCUT2D eigenvalue weighted by Gasteiger charge is 2.27. The largest absolute Gasteiger partial charge is 0.338 e. The van der Waals surface area contributed by atoms with Crippen molar-refractivity contribution in [2.45, 2.75) is 32.1 Å². The van der Waals surface area contributed by atoms with Crippen LogP contribution in [0.3, 0.4) is 0 Å². The third kappa shape index (κ3) is 3.40. The van der Waals surface area contributed by atoms with Crippen LogP contribution in [0, 0.1) is 6.92 Å². The second kappa shape index (κ2) is 7.15. The number of hydrogen-bond acceptors (Lipinski definition) is 3. The lowest BCUT2D eigenvalue weighted by atomic mass is 9.89. The third-order valence-electron chi connectivity index (χ3n) is 5.08. The maximum Gasteiger partial charge on any atom is 0.289 e. The van der Waals surface area contributed by atoms with Gasteiger partial charge in [-0.05, 0) is 30.9 Å². The smallest absolute Gasteiger partial charge is 0.289 e. The zero-order chi connectivity index (χ0) is 17.9. The lowest BCUT2D eigenvalue weighted by Gasteiger charge is -2.31. The number of carbonyl (C=O) groups excluding carboxylic acids is 1. The SMILES string of the molecule is Cc1cnc(C(=O)N2CCC(c3[nH]ncc3Cc3ccccc3)CC2)[nH]1. The number of aromatic nitrogens is 4. The molecule has 0 saturated carbocycles. The third-order valence-corrected chi connectivity index (χ3v) is 5.08. The molecule has 1 saturated heterocycles. The molecule has 0 bridgehead atoms. The number of benzene rings is 1. The molecule has 6 nitrogen and oxygen atoms in total. The summed E-state index contributed by atoms with van der Waals surface area (Å²) in [4.78, 5) is 21.6. The van der Waals surface area contributed by atoms with E-state index in [9.17, 15) is 4.79 Å². The molecule has 0 unspecified atom stereocenters. The Morgan fingerprint density at radius 1 is 1.19 bits per heavy atom. The molecule has 2 N–H and O–H groups in total. The van der Waals surface area contributed by atoms with E-state index in [1.54, 1.807) is 6.20 Å². The topological polar surface area (TPSA) is 77.7 Å². The van der Waals surface area contributed by atoms with Crippen molar-refractivity contribution in [1.29, 1.82) is 0 Å². The minimum Gasteiger partial charge on any atom is -0.338 e. The van der Waals surface area contributed by atoms with Gasteiger partial charge in [0.05, 0.1) is 6.20 Å². The number of amides is 1. The Hall–Kier alpha value is -2.89. The molecule has 0 atom stereocenters. The van der Waals surface area contributed by atoms with Crippen molar-refractivity contribution in [2.24, 2.45) is 0 Å². The number of aryl methyl sites for hydroxylation is 1. The molecule has 26 heavy (non-hydrogen) atoms. The first-order valence-electron chi connectivity index (χ1n) is 9.07. The predicted octanol–water partition coefficient (Wildman–Crippen LogP) is 3.05. The van der Waals surface area contributed by atoms with Crippen LogP contribution in [0.25, 0.3) is 0 Å². The second-order valence-corrected chi connectivity index (χ2v) is 6.95. The molecule has 1 aliphatic heterocycles. The number of carbonyl (C=O) groups is 1. The fourth-order valence-electron chi connectivity index (χ4n) is 3.67. The Labute approximate surface area is 152 Å². The van der Waals surface area contributed by atoms with Gasteiger partial charge >= 0.3 is 0 Å². The number of piperidine rings is 1. The highest BCUT2D eigenvalue weighted by Crippen LogP contribution is 2.30. The zero-order valence-corrected chi connectivity index (χ0v) is 14.9. The average Bonchev–Trinajstić information content (AvgIpc) is 3.31. The van der Waals surface area contributed by atoms with Crippen LogP contribution in [0.15, 0.2) is 42.7 Å². The molecule has 6 heteroatoms. The molecule has 0 radical (unpaired) electrons. The summed E-state index contributed by atoms with van der Waals surface area (Å²) in [6.07, 6.45) is 6.40. The molecular weight excluding hydrogens is 326 g/mol. The van der Waals surface area contributed by atoms with Crippen LogP contribution in [0.1, 0.15) is 51.9 Å². The summed E-state index contributed by atoms with van der Waals surface area (Å²) in [6, 6.07) is 10.4. The summed E-state index contributed by atoms with van der Waals surface area (Å²) in [6.45, 7) is 3.39. The lowest BCUT2D eigenvalue weighted by Crippen LogP contribution is -2.38. The van der Waals surface area contributed by atoms with Gasteiger partial charge in [0.15, 0.2) is 5.82 Å². The van der Waals surface area contributed by atoms with E-state index in [0.29, 0.717) is 11.7 Å². The van der Waals surface area contributed by atoms with E-state index in [1.807, 2.05) is 24.1 Å². The van der Waals surface area contributed by atoms with Crippen molar-refractivity contribution in [2.75, 3.05) is 13.1 Å². The van der Waals surface area contributed by atoms with Gasteiger partial charge in [-0.2, -0.15) is 5.10 Å². The molecule has 2 aromatic heterocycles. The number of likely N-dealkylation sites (tertiary alicyclic amines) is 1. The summed E-state index contributed by atoms with van der Waals surface area (Å²) in [5.41, 5.74) is 4.67. The van der Waals surface area contributed by atoms with Gasteiger partial charge in [0, 0.05) is 43.0 Å². The molecule has 3 aromatic rings. The Morgan fingerprint density at radius 3 is 2.65 bits per heavy atom. The molecule has 1 amide bonds. The van der Waals surface area contributed by atoms with Gasteiger partial charge in [-0.3, -0.25) is 9.89 Å². The van der Waals surface area contributed by atoms with E-state index in [0.717, 1.165) is 38.0 Å². The lowest BCUT2D eigenvalue weighted by molar-refractivity contribution is 0.0700.